The van der Waals surface area contributed by atoms with E-state index < -0.39 is 7.14 Å². The second-order valence-corrected chi connectivity index (χ2v) is 19.1. The lowest BCUT2D eigenvalue weighted by Gasteiger charge is -2.20. The molecule has 0 atom stereocenters. The van der Waals surface area contributed by atoms with E-state index in [1.807, 2.05) is 84.9 Å². The number of fused-ring (bicyclic) bond motifs is 1. The van der Waals surface area contributed by atoms with E-state index in [-0.39, 0.29) is 0 Å². The average Bonchev–Trinajstić information content (AvgIpc) is 3.41. The van der Waals surface area contributed by atoms with E-state index in [9.17, 15) is 0 Å². The van der Waals surface area contributed by atoms with Gasteiger partial charge in [-0.25, -0.2) is 15.0 Å². The fraction of sp³-hybridized carbons (Fsp3) is 0. The molecule has 1 aromatic heterocycles. The Bertz CT molecular complexity index is 3360. The van der Waals surface area contributed by atoms with E-state index in [0.29, 0.717) is 17.5 Å². The molecule has 0 saturated heterocycles. The second kappa shape index (κ2) is 17.7. The molecule has 1 heterocycles. The first-order valence-corrected chi connectivity index (χ1v) is 23.8. The van der Waals surface area contributed by atoms with E-state index in [4.69, 9.17) is 15.0 Å². The van der Waals surface area contributed by atoms with Gasteiger partial charge in [-0.15, -0.1) is 0 Å². The molecule has 66 heavy (non-hydrogen) atoms. The summed E-state index contributed by atoms with van der Waals surface area (Å²) in [6, 6.07) is 87.0. The van der Waals surface area contributed by atoms with Gasteiger partial charge in [-0.1, -0.05) is 249 Å². The summed E-state index contributed by atoms with van der Waals surface area (Å²) < 4.78 is 15.1. The van der Waals surface area contributed by atoms with Crippen LogP contribution in [0.15, 0.2) is 255 Å². The van der Waals surface area contributed by atoms with Gasteiger partial charge in [0, 0.05) is 32.6 Å². The maximum atomic E-state index is 15.1. The Kier molecular flexibility index (Phi) is 10.9. The molecule has 312 valence electrons. The van der Waals surface area contributed by atoms with Gasteiger partial charge in [0.05, 0.1) is 0 Å². The molecule has 5 heteroatoms. The molecule has 11 aromatic rings. The molecule has 0 fully saturated rings. The van der Waals surface area contributed by atoms with Crippen molar-refractivity contribution in [2.45, 2.75) is 0 Å². The van der Waals surface area contributed by atoms with E-state index in [1.54, 1.807) is 0 Å². The Labute approximate surface area is 385 Å². The van der Waals surface area contributed by atoms with Crippen LogP contribution in [0.5, 0.6) is 0 Å². The Hall–Kier alpha value is -8.30. The maximum Gasteiger partial charge on any atom is 0.171 e. The number of benzene rings is 10. The molecule has 0 spiro atoms. The average molecular weight is 864 g/mol. The summed E-state index contributed by atoms with van der Waals surface area (Å²) in [6.07, 6.45) is 0. The molecule has 0 bridgehead atoms. The zero-order valence-corrected chi connectivity index (χ0v) is 36.8. The van der Waals surface area contributed by atoms with Gasteiger partial charge in [0.1, 0.15) is 0 Å². The van der Waals surface area contributed by atoms with E-state index in [1.165, 1.54) is 0 Å². The number of hydrogen-bond donors (Lipinski definition) is 0. The van der Waals surface area contributed by atoms with Crippen molar-refractivity contribution in [1.29, 1.82) is 0 Å². The highest BCUT2D eigenvalue weighted by atomic mass is 31.2. The molecule has 0 radical (unpaired) electrons. The van der Waals surface area contributed by atoms with Crippen LogP contribution in [-0.2, 0) is 4.57 Å². The maximum absolute atomic E-state index is 15.1. The van der Waals surface area contributed by atoms with Gasteiger partial charge in [0.2, 0.25) is 0 Å². The van der Waals surface area contributed by atoms with Crippen molar-refractivity contribution in [3.63, 3.8) is 0 Å². The lowest BCUT2D eigenvalue weighted by atomic mass is 9.91. The Morgan fingerprint density at radius 2 is 0.561 bits per heavy atom. The third-order valence-corrected chi connectivity index (χ3v) is 15.3. The third kappa shape index (κ3) is 7.85. The van der Waals surface area contributed by atoms with Crippen LogP contribution in [0.4, 0.5) is 0 Å². The van der Waals surface area contributed by atoms with Crippen molar-refractivity contribution in [2.24, 2.45) is 0 Å². The topological polar surface area (TPSA) is 55.7 Å². The van der Waals surface area contributed by atoms with E-state index in [2.05, 4.69) is 170 Å². The summed E-state index contributed by atoms with van der Waals surface area (Å²) in [5, 5.41) is 4.70. The number of nitrogens with zero attached hydrogens (tertiary/aromatic N) is 3. The molecular weight excluding hydrogens is 822 g/mol. The first kappa shape index (κ1) is 40.5. The monoisotopic (exact) mass is 863 g/mol. The van der Waals surface area contributed by atoms with Gasteiger partial charge in [-0.2, -0.15) is 0 Å². The summed E-state index contributed by atoms with van der Waals surface area (Å²) in [5.41, 5.74) is 11.6. The molecule has 11 rings (SSSR count). The summed E-state index contributed by atoms with van der Waals surface area (Å²) >= 11 is 0. The van der Waals surface area contributed by atoms with E-state index in [0.717, 1.165) is 87.9 Å². The lowest BCUT2D eigenvalue weighted by molar-refractivity contribution is 0.592. The smallest absolute Gasteiger partial charge is 0.171 e. The number of aromatic nitrogens is 3. The largest absolute Gasteiger partial charge is 0.309 e. The first-order valence-electron chi connectivity index (χ1n) is 22.1. The predicted molar refractivity (Wildman–Crippen MR) is 275 cm³/mol. The van der Waals surface area contributed by atoms with Crippen LogP contribution in [0.3, 0.4) is 0 Å². The van der Waals surface area contributed by atoms with Crippen LogP contribution >= 0.6 is 7.14 Å². The highest BCUT2D eigenvalue weighted by Gasteiger charge is 2.29. The minimum atomic E-state index is -3.10. The van der Waals surface area contributed by atoms with Gasteiger partial charge in [-0.05, 0) is 61.3 Å². The van der Waals surface area contributed by atoms with Gasteiger partial charge < -0.3 is 4.57 Å². The fourth-order valence-electron chi connectivity index (χ4n) is 8.85. The fourth-order valence-corrected chi connectivity index (χ4v) is 11.5. The molecule has 0 aliphatic rings. The predicted octanol–water partition coefficient (Wildman–Crippen LogP) is 14.3. The Morgan fingerprint density at radius 1 is 0.242 bits per heavy atom. The van der Waals surface area contributed by atoms with Crippen LogP contribution in [0.1, 0.15) is 0 Å². The minimum absolute atomic E-state index is 0.598. The minimum Gasteiger partial charge on any atom is -0.309 e. The SMILES string of the molecule is O=P(c1ccccc1)(c1ccccc1)c1ccc(-c2ccc(-c3cccc(-c4nc(-c5ccc(-c6ccccc6)cc5)nc(-c5ccc(-c6ccccc6)cc5)n4)c3)c3ccccc23)cc1. The zero-order valence-electron chi connectivity index (χ0n) is 35.9. The molecule has 0 saturated carbocycles. The number of hydrogen-bond acceptors (Lipinski definition) is 4. The molecule has 0 N–H and O–H groups in total. The van der Waals surface area contributed by atoms with Crippen molar-refractivity contribution >= 4 is 33.8 Å². The van der Waals surface area contributed by atoms with Crippen molar-refractivity contribution in [1.82, 2.24) is 15.0 Å². The first-order chi connectivity index (χ1) is 32.6. The highest BCUT2D eigenvalue weighted by molar-refractivity contribution is 7.85. The summed E-state index contributed by atoms with van der Waals surface area (Å²) in [6.45, 7) is 0. The molecule has 10 aromatic carbocycles. The molecule has 0 aliphatic heterocycles. The van der Waals surface area contributed by atoms with Crippen LogP contribution < -0.4 is 15.9 Å². The van der Waals surface area contributed by atoms with Crippen molar-refractivity contribution in [3.05, 3.63) is 255 Å². The molecule has 4 nitrogen and oxygen atoms in total. The van der Waals surface area contributed by atoms with Crippen LogP contribution in [0.2, 0.25) is 0 Å². The van der Waals surface area contributed by atoms with Crippen molar-refractivity contribution in [2.75, 3.05) is 0 Å². The molecular formula is C61H42N3OP. The Balaban J connectivity index is 0.967. The third-order valence-electron chi connectivity index (χ3n) is 12.3. The standard InChI is InChI=1S/C61H42N3OP/c65-66(52-22-9-3-10-23-52,53-24-11-4-12-25-53)54-38-36-47(37-39-54)55-40-41-56(58-27-14-13-26-57(55)58)50-20-15-21-51(42-50)61-63-59(48-32-28-45(29-33-48)43-16-5-1-6-17-43)62-60(64-61)49-34-30-46(31-35-49)44-18-7-2-8-19-44/h1-42H. The normalized spacial score (nSPS) is 11.4. The quantitative estimate of drug-likeness (QED) is 0.129. The van der Waals surface area contributed by atoms with Crippen molar-refractivity contribution in [3.8, 4) is 78.7 Å². The van der Waals surface area contributed by atoms with Gasteiger partial charge in [0.15, 0.2) is 24.6 Å². The summed E-state index contributed by atoms with van der Waals surface area (Å²) in [5.74, 6) is 1.81. The van der Waals surface area contributed by atoms with Crippen LogP contribution in [0, 0.1) is 0 Å². The van der Waals surface area contributed by atoms with Gasteiger partial charge in [-0.3, -0.25) is 0 Å². The van der Waals surface area contributed by atoms with Gasteiger partial charge >= 0.3 is 0 Å². The lowest BCUT2D eigenvalue weighted by Crippen LogP contribution is -2.24. The molecule has 0 aliphatic carbocycles. The van der Waals surface area contributed by atoms with Crippen LogP contribution in [-0.4, -0.2) is 15.0 Å². The van der Waals surface area contributed by atoms with Crippen molar-refractivity contribution < 1.29 is 4.57 Å². The van der Waals surface area contributed by atoms with Gasteiger partial charge in [0.25, 0.3) is 0 Å². The highest BCUT2D eigenvalue weighted by Crippen LogP contribution is 2.43. The zero-order chi connectivity index (χ0) is 44.3. The number of rotatable bonds is 10. The molecule has 0 unspecified atom stereocenters. The Morgan fingerprint density at radius 3 is 1.03 bits per heavy atom. The summed E-state index contributed by atoms with van der Waals surface area (Å²) in [7, 11) is -3.10. The second-order valence-electron chi connectivity index (χ2n) is 16.3. The summed E-state index contributed by atoms with van der Waals surface area (Å²) in [4.78, 5) is 15.4. The van der Waals surface area contributed by atoms with Crippen LogP contribution in [0.25, 0.3) is 89.4 Å². The van der Waals surface area contributed by atoms with E-state index >= 15 is 4.57 Å². The molecule has 0 amide bonds.